The number of carbonyl (C=O) groups excluding carboxylic acids is 1. The number of hydrogen-bond acceptors (Lipinski definition) is 5. The lowest BCUT2D eigenvalue weighted by atomic mass is 9.89. The summed E-state index contributed by atoms with van der Waals surface area (Å²) in [7, 11) is 0. The highest BCUT2D eigenvalue weighted by Gasteiger charge is 2.30. The van der Waals surface area contributed by atoms with Gasteiger partial charge in [-0.25, -0.2) is 9.78 Å². The average Bonchev–Trinajstić information content (AvgIpc) is 2.99. The molecule has 2 heterocycles. The van der Waals surface area contributed by atoms with Gasteiger partial charge in [0.1, 0.15) is 11.9 Å². The molecular formula is C31H30N6O2. The van der Waals surface area contributed by atoms with Gasteiger partial charge in [-0.05, 0) is 73.2 Å². The first-order chi connectivity index (χ1) is 19.1. The maximum Gasteiger partial charge on any atom is 0.322 e. The van der Waals surface area contributed by atoms with Crippen LogP contribution in [0.4, 0.5) is 16.3 Å². The first kappa shape index (κ1) is 25.7. The minimum absolute atomic E-state index is 0.0266. The van der Waals surface area contributed by atoms with Gasteiger partial charge in [-0.1, -0.05) is 42.5 Å². The van der Waals surface area contributed by atoms with Crippen LogP contribution in [0.25, 0.3) is 11.1 Å². The Morgan fingerprint density at radius 2 is 1.74 bits per heavy atom. The van der Waals surface area contributed by atoms with Crippen molar-refractivity contribution in [1.29, 1.82) is 5.26 Å². The molecule has 2 aromatic carbocycles. The largest absolute Gasteiger partial charge is 0.367 e. The molecule has 0 bridgehead atoms. The van der Waals surface area contributed by atoms with Gasteiger partial charge in [0.15, 0.2) is 0 Å². The normalized spacial score (nSPS) is 16.6. The van der Waals surface area contributed by atoms with E-state index in [1.165, 1.54) is 0 Å². The molecular weight excluding hydrogens is 488 g/mol. The summed E-state index contributed by atoms with van der Waals surface area (Å²) in [6.07, 6.45) is 6.60. The average molecular weight is 519 g/mol. The molecule has 0 unspecified atom stereocenters. The van der Waals surface area contributed by atoms with Gasteiger partial charge in [-0.3, -0.25) is 9.69 Å². The van der Waals surface area contributed by atoms with Crippen molar-refractivity contribution in [3.63, 3.8) is 0 Å². The number of amides is 2. The van der Waals surface area contributed by atoms with E-state index in [1.54, 1.807) is 30.6 Å². The number of aromatic nitrogens is 2. The number of nitrogens with one attached hydrogen (secondary N) is 3. The van der Waals surface area contributed by atoms with Gasteiger partial charge in [-0.15, -0.1) is 0 Å². The molecule has 1 fully saturated rings. The third-order valence-corrected chi connectivity index (χ3v) is 7.09. The van der Waals surface area contributed by atoms with E-state index >= 15 is 0 Å². The first-order valence-corrected chi connectivity index (χ1v) is 13.1. The van der Waals surface area contributed by atoms with Gasteiger partial charge in [0.05, 0.1) is 5.56 Å². The number of rotatable bonds is 7. The molecule has 0 aliphatic heterocycles. The highest BCUT2D eigenvalue weighted by atomic mass is 16.2. The van der Waals surface area contributed by atoms with Gasteiger partial charge >= 0.3 is 6.03 Å². The summed E-state index contributed by atoms with van der Waals surface area (Å²) < 4.78 is 0. The Morgan fingerprint density at radius 3 is 2.41 bits per heavy atom. The zero-order chi connectivity index (χ0) is 27.0. The molecule has 1 saturated carbocycles. The molecule has 0 saturated heterocycles. The molecule has 0 atom stereocenters. The molecule has 39 heavy (non-hydrogen) atoms. The van der Waals surface area contributed by atoms with E-state index in [1.807, 2.05) is 65.6 Å². The van der Waals surface area contributed by atoms with Crippen molar-refractivity contribution in [2.75, 3.05) is 10.2 Å². The molecule has 196 valence electrons. The van der Waals surface area contributed by atoms with Crippen LogP contribution in [0.5, 0.6) is 0 Å². The van der Waals surface area contributed by atoms with Crippen LogP contribution in [0.3, 0.4) is 0 Å². The van der Waals surface area contributed by atoms with Crippen LogP contribution in [-0.4, -0.2) is 28.1 Å². The number of pyridine rings is 2. The number of carbonyl (C=O) groups is 1. The van der Waals surface area contributed by atoms with E-state index in [9.17, 15) is 9.59 Å². The Labute approximate surface area is 227 Å². The number of urea groups is 1. The molecule has 3 N–H and O–H groups in total. The molecule has 0 spiro atoms. The smallest absolute Gasteiger partial charge is 0.322 e. The molecule has 0 radical (unpaired) electrons. The molecule has 5 rings (SSSR count). The van der Waals surface area contributed by atoms with Crippen molar-refractivity contribution >= 4 is 17.5 Å². The Morgan fingerprint density at radius 1 is 0.974 bits per heavy atom. The van der Waals surface area contributed by atoms with E-state index in [-0.39, 0.29) is 23.7 Å². The predicted octanol–water partition coefficient (Wildman–Crippen LogP) is 5.45. The van der Waals surface area contributed by atoms with Crippen molar-refractivity contribution in [1.82, 2.24) is 15.3 Å². The summed E-state index contributed by atoms with van der Waals surface area (Å²) in [5, 5.41) is 15.6. The maximum absolute atomic E-state index is 13.6. The number of hydrogen-bond donors (Lipinski definition) is 3. The summed E-state index contributed by atoms with van der Waals surface area (Å²) >= 11 is 0. The van der Waals surface area contributed by atoms with Crippen LogP contribution in [0.15, 0.2) is 96.1 Å². The summed E-state index contributed by atoms with van der Waals surface area (Å²) in [6, 6.07) is 26.8. The minimum Gasteiger partial charge on any atom is -0.367 e. The lowest BCUT2D eigenvalue weighted by molar-refractivity contribution is 0.240. The zero-order valence-electron chi connectivity index (χ0n) is 21.5. The van der Waals surface area contributed by atoms with Crippen molar-refractivity contribution in [2.45, 2.75) is 44.3 Å². The van der Waals surface area contributed by atoms with Crippen LogP contribution in [-0.2, 0) is 6.54 Å². The summed E-state index contributed by atoms with van der Waals surface area (Å²) in [5.74, 6) is 0.751. The number of benzene rings is 2. The Hall–Kier alpha value is -4.90. The number of nitrogens with zero attached hydrogens (tertiary/aromatic N) is 3. The molecule has 8 heteroatoms. The minimum atomic E-state index is -0.148. The number of H-pyrrole nitrogens is 1. The third-order valence-electron chi connectivity index (χ3n) is 7.09. The summed E-state index contributed by atoms with van der Waals surface area (Å²) in [5.41, 5.74) is 3.60. The van der Waals surface area contributed by atoms with Crippen LogP contribution in [0.2, 0.25) is 0 Å². The number of nitriles is 1. The van der Waals surface area contributed by atoms with E-state index < -0.39 is 0 Å². The fourth-order valence-electron chi connectivity index (χ4n) is 5.04. The highest BCUT2D eigenvalue weighted by molar-refractivity contribution is 5.93. The quantitative estimate of drug-likeness (QED) is 0.301. The van der Waals surface area contributed by atoms with Gasteiger partial charge in [0.25, 0.3) is 5.56 Å². The van der Waals surface area contributed by atoms with Crippen LogP contribution >= 0.6 is 0 Å². The second-order valence-corrected chi connectivity index (χ2v) is 9.67. The lowest BCUT2D eigenvalue weighted by Crippen LogP contribution is -2.48. The van der Waals surface area contributed by atoms with E-state index in [0.29, 0.717) is 17.7 Å². The lowest BCUT2D eigenvalue weighted by Gasteiger charge is -2.37. The van der Waals surface area contributed by atoms with Crippen LogP contribution in [0.1, 0.15) is 36.8 Å². The predicted molar refractivity (Wildman–Crippen MR) is 152 cm³/mol. The zero-order valence-corrected chi connectivity index (χ0v) is 21.5. The van der Waals surface area contributed by atoms with Crippen LogP contribution < -0.4 is 21.1 Å². The summed E-state index contributed by atoms with van der Waals surface area (Å²) in [6.45, 7) is 0.439. The van der Waals surface area contributed by atoms with Gasteiger partial charge in [0, 0.05) is 42.3 Å². The summed E-state index contributed by atoms with van der Waals surface area (Å²) in [4.78, 5) is 34.7. The maximum atomic E-state index is 13.6. The fraction of sp³-hybridized carbons (Fsp3) is 0.226. The molecule has 2 amide bonds. The van der Waals surface area contributed by atoms with Gasteiger partial charge in [-0.2, -0.15) is 5.26 Å². The fourth-order valence-corrected chi connectivity index (χ4v) is 5.04. The SMILES string of the molecule is N#Cc1ccc(NC2CCC(N(C(=O)NCc3ccccc3)c3ccc(-c4ccc[nH]c4=O)cc3)CC2)nc1. The van der Waals surface area contributed by atoms with Crippen molar-refractivity contribution in [3.05, 3.63) is 113 Å². The van der Waals surface area contributed by atoms with Crippen molar-refractivity contribution in [3.8, 4) is 17.2 Å². The topological polar surface area (TPSA) is 114 Å². The number of anilines is 2. The van der Waals surface area contributed by atoms with E-state index in [0.717, 1.165) is 48.3 Å². The Balaban J connectivity index is 1.31. The monoisotopic (exact) mass is 518 g/mol. The van der Waals surface area contributed by atoms with E-state index in [4.69, 9.17) is 5.26 Å². The highest BCUT2D eigenvalue weighted by Crippen LogP contribution is 2.30. The van der Waals surface area contributed by atoms with Gasteiger partial charge in [0.2, 0.25) is 0 Å². The molecule has 8 nitrogen and oxygen atoms in total. The standard InChI is InChI=1S/C31H30N6O2/c32-19-23-8-17-29(34-21-23)36-25-11-15-27(16-12-25)37(31(39)35-20-22-5-2-1-3-6-22)26-13-9-24(10-14-26)28-7-4-18-33-30(28)38/h1-10,13-14,17-18,21,25,27H,11-12,15-16,20H2,(H,33,38)(H,34,36)(H,35,39). The van der Waals surface area contributed by atoms with Crippen molar-refractivity contribution < 1.29 is 4.79 Å². The second-order valence-electron chi connectivity index (χ2n) is 9.67. The number of aromatic amines is 1. The molecule has 4 aromatic rings. The first-order valence-electron chi connectivity index (χ1n) is 13.1. The van der Waals surface area contributed by atoms with Gasteiger partial charge < -0.3 is 15.6 Å². The van der Waals surface area contributed by atoms with Crippen LogP contribution in [0, 0.1) is 11.3 Å². The Bertz CT molecular complexity index is 1490. The molecule has 2 aromatic heterocycles. The van der Waals surface area contributed by atoms with E-state index in [2.05, 4.69) is 26.7 Å². The molecule has 1 aliphatic rings. The third kappa shape index (κ3) is 6.33. The second kappa shape index (κ2) is 12.1. The van der Waals surface area contributed by atoms with Crippen molar-refractivity contribution in [2.24, 2.45) is 0 Å². The molecule has 1 aliphatic carbocycles. The Kier molecular flexibility index (Phi) is 7.98.